The highest BCUT2D eigenvalue weighted by Gasteiger charge is 2.39. The van der Waals surface area contributed by atoms with Crippen LogP contribution in [-0.4, -0.2) is 42.3 Å². The largest absolute Gasteiger partial charge is 0.499 e. The van der Waals surface area contributed by atoms with Crippen LogP contribution in [0.1, 0.15) is 84.5 Å². The molecule has 1 N–H and O–H groups in total. The minimum absolute atomic E-state index is 0.0338. The molecule has 6 nitrogen and oxygen atoms in total. The van der Waals surface area contributed by atoms with Crippen molar-refractivity contribution in [1.29, 1.82) is 0 Å². The summed E-state index contributed by atoms with van der Waals surface area (Å²) in [4.78, 5) is 39.1. The second-order valence-corrected chi connectivity index (χ2v) is 8.80. The van der Waals surface area contributed by atoms with Crippen molar-refractivity contribution in [2.75, 3.05) is 13.7 Å². The number of hydrogen-bond acceptors (Lipinski definition) is 4. The summed E-state index contributed by atoms with van der Waals surface area (Å²) in [5.41, 5.74) is 0. The van der Waals surface area contributed by atoms with Crippen LogP contribution in [0, 0.1) is 36.5 Å². The fourth-order valence-corrected chi connectivity index (χ4v) is 3.99. The predicted octanol–water partition coefficient (Wildman–Crippen LogP) is 4.20. The van der Waals surface area contributed by atoms with E-state index in [1.54, 1.807) is 0 Å². The Bertz CT molecular complexity index is 759. The van der Waals surface area contributed by atoms with Gasteiger partial charge in [-0.15, -0.1) is 24.7 Å². The molecule has 1 heterocycles. The van der Waals surface area contributed by atoms with Crippen molar-refractivity contribution in [3.05, 3.63) is 11.8 Å². The van der Waals surface area contributed by atoms with E-state index in [-0.39, 0.29) is 35.6 Å². The zero-order valence-corrected chi connectivity index (χ0v) is 20.5. The second kappa shape index (κ2) is 16.0. The molecule has 3 atom stereocenters. The minimum atomic E-state index is -0.381. The topological polar surface area (TPSA) is 75.7 Å². The van der Waals surface area contributed by atoms with Crippen molar-refractivity contribution in [1.82, 2.24) is 10.2 Å². The van der Waals surface area contributed by atoms with E-state index < -0.39 is 0 Å². The van der Waals surface area contributed by atoms with E-state index in [0.29, 0.717) is 31.6 Å². The molecule has 33 heavy (non-hydrogen) atoms. The van der Waals surface area contributed by atoms with Crippen LogP contribution in [0.4, 0.5) is 0 Å². The smallest absolute Gasteiger partial charge is 0.257 e. The van der Waals surface area contributed by atoms with Gasteiger partial charge in [-0.2, -0.15) is 0 Å². The average Bonchev–Trinajstić information content (AvgIpc) is 3.13. The fourth-order valence-electron chi connectivity index (χ4n) is 3.99. The number of rotatable bonds is 16. The zero-order valence-electron chi connectivity index (χ0n) is 20.5. The molecule has 1 aliphatic heterocycles. The lowest BCUT2D eigenvalue weighted by Gasteiger charge is -2.27. The summed E-state index contributed by atoms with van der Waals surface area (Å²) in [6.45, 7) is 4.36. The van der Waals surface area contributed by atoms with E-state index in [4.69, 9.17) is 17.6 Å². The van der Waals surface area contributed by atoms with Gasteiger partial charge in [0, 0.05) is 37.3 Å². The van der Waals surface area contributed by atoms with Gasteiger partial charge >= 0.3 is 0 Å². The molecule has 0 aromatic rings. The first kappa shape index (κ1) is 28.3. The van der Waals surface area contributed by atoms with E-state index in [2.05, 4.69) is 17.2 Å². The normalized spacial score (nSPS) is 17.0. The standard InChI is InChI=1S/C27H40N2O4/c1-6-8-10-12-16-21(3)26(31)28-19-15-14-18-23-24(33-5)20-25(30)29(23)27(32)22(4)17-13-11-9-7-2/h1-2,20-23H,8-19H2,3-5H3,(H,28,31)/t21-,22+,23-/m0/s1. The summed E-state index contributed by atoms with van der Waals surface area (Å²) in [5.74, 6) is 5.04. The number of carbonyl (C=O) groups excluding carboxylic acids is 3. The number of ether oxygens (including phenoxy) is 1. The molecular weight excluding hydrogens is 416 g/mol. The fraction of sp³-hybridized carbons (Fsp3) is 0.667. The molecule has 0 unspecified atom stereocenters. The van der Waals surface area contributed by atoms with E-state index in [1.165, 1.54) is 18.1 Å². The van der Waals surface area contributed by atoms with E-state index >= 15 is 0 Å². The Labute approximate surface area is 199 Å². The van der Waals surface area contributed by atoms with Crippen LogP contribution < -0.4 is 5.32 Å². The molecule has 1 aliphatic rings. The van der Waals surface area contributed by atoms with Crippen LogP contribution in [0.3, 0.4) is 0 Å². The van der Waals surface area contributed by atoms with E-state index in [9.17, 15) is 14.4 Å². The Morgan fingerprint density at radius 3 is 2.21 bits per heavy atom. The van der Waals surface area contributed by atoms with Crippen LogP contribution >= 0.6 is 0 Å². The molecule has 6 heteroatoms. The van der Waals surface area contributed by atoms with E-state index in [1.807, 2.05) is 13.8 Å². The number of carbonyl (C=O) groups is 3. The number of terminal acetylenes is 2. The maximum atomic E-state index is 13.0. The first-order chi connectivity index (χ1) is 15.9. The van der Waals surface area contributed by atoms with Gasteiger partial charge in [0.15, 0.2) is 0 Å². The third kappa shape index (κ3) is 9.74. The summed E-state index contributed by atoms with van der Waals surface area (Å²) in [7, 11) is 1.52. The molecule has 1 rings (SSSR count). The summed E-state index contributed by atoms with van der Waals surface area (Å²) < 4.78 is 5.39. The molecular formula is C27H40N2O4. The van der Waals surface area contributed by atoms with Crippen LogP contribution in [-0.2, 0) is 19.1 Å². The number of nitrogens with zero attached hydrogens (tertiary/aromatic N) is 1. The van der Waals surface area contributed by atoms with Gasteiger partial charge in [0.05, 0.1) is 13.2 Å². The Hall–Kier alpha value is -2.73. The lowest BCUT2D eigenvalue weighted by atomic mass is 10.00. The van der Waals surface area contributed by atoms with Crippen molar-refractivity contribution >= 4 is 17.7 Å². The lowest BCUT2D eigenvalue weighted by molar-refractivity contribution is -0.146. The third-order valence-electron chi connectivity index (χ3n) is 6.11. The minimum Gasteiger partial charge on any atom is -0.499 e. The maximum absolute atomic E-state index is 13.0. The van der Waals surface area contributed by atoms with Gasteiger partial charge in [0.25, 0.3) is 5.91 Å². The Morgan fingerprint density at radius 1 is 1.03 bits per heavy atom. The number of methoxy groups -OCH3 is 1. The van der Waals surface area contributed by atoms with Gasteiger partial charge in [0.2, 0.25) is 11.8 Å². The molecule has 0 radical (unpaired) electrons. The van der Waals surface area contributed by atoms with Gasteiger partial charge in [-0.1, -0.05) is 26.7 Å². The molecule has 0 spiro atoms. The van der Waals surface area contributed by atoms with Gasteiger partial charge < -0.3 is 10.1 Å². The van der Waals surface area contributed by atoms with Gasteiger partial charge in [0.1, 0.15) is 5.76 Å². The molecule has 0 aliphatic carbocycles. The number of imide groups is 1. The summed E-state index contributed by atoms with van der Waals surface area (Å²) >= 11 is 0. The molecule has 182 valence electrons. The predicted molar refractivity (Wildman–Crippen MR) is 131 cm³/mol. The Kier molecular flexibility index (Phi) is 13.7. The van der Waals surface area contributed by atoms with Gasteiger partial charge in [-0.25, -0.2) is 0 Å². The summed E-state index contributed by atoms with van der Waals surface area (Å²) in [6, 6.07) is -0.381. The number of amides is 3. The first-order valence-electron chi connectivity index (χ1n) is 12.1. The SMILES string of the molecule is C#CCCCC[C@@H](C)C(=O)N1C(=O)C=C(OC)[C@@H]1CCCCNC(=O)[C@@H](C)CCCCC#C. The molecule has 0 bridgehead atoms. The van der Waals surface area contributed by atoms with Crippen LogP contribution in [0.15, 0.2) is 11.8 Å². The van der Waals surface area contributed by atoms with Gasteiger partial charge in [-0.3, -0.25) is 19.3 Å². The number of nitrogens with one attached hydrogen (secondary N) is 1. The molecule has 0 saturated carbocycles. The average molecular weight is 457 g/mol. The second-order valence-electron chi connectivity index (χ2n) is 8.80. The summed E-state index contributed by atoms with van der Waals surface area (Å²) in [6.07, 6.45) is 20.7. The molecule has 0 aromatic carbocycles. The van der Waals surface area contributed by atoms with Crippen LogP contribution in [0.25, 0.3) is 0 Å². The Morgan fingerprint density at radius 2 is 1.64 bits per heavy atom. The molecule has 0 fully saturated rings. The number of hydrogen-bond donors (Lipinski definition) is 1. The van der Waals surface area contributed by atoms with Crippen molar-refractivity contribution in [2.24, 2.45) is 11.8 Å². The lowest BCUT2D eigenvalue weighted by Crippen LogP contribution is -2.43. The number of unbranched alkanes of at least 4 members (excludes halogenated alkanes) is 5. The highest BCUT2D eigenvalue weighted by atomic mass is 16.5. The quantitative estimate of drug-likeness (QED) is 0.279. The zero-order chi connectivity index (χ0) is 24.6. The Balaban J connectivity index is 2.47. The third-order valence-corrected chi connectivity index (χ3v) is 6.11. The highest BCUT2D eigenvalue weighted by Crippen LogP contribution is 2.27. The van der Waals surface area contributed by atoms with Crippen molar-refractivity contribution in [3.63, 3.8) is 0 Å². The van der Waals surface area contributed by atoms with Crippen molar-refractivity contribution < 1.29 is 19.1 Å². The van der Waals surface area contributed by atoms with Crippen LogP contribution in [0.2, 0.25) is 0 Å². The van der Waals surface area contributed by atoms with Crippen molar-refractivity contribution in [3.8, 4) is 24.7 Å². The highest BCUT2D eigenvalue weighted by molar-refractivity contribution is 6.04. The summed E-state index contributed by atoms with van der Waals surface area (Å²) in [5, 5.41) is 2.98. The van der Waals surface area contributed by atoms with E-state index in [0.717, 1.165) is 51.4 Å². The first-order valence-corrected chi connectivity index (χ1v) is 12.1. The monoisotopic (exact) mass is 456 g/mol. The maximum Gasteiger partial charge on any atom is 0.257 e. The van der Waals surface area contributed by atoms with Crippen molar-refractivity contribution in [2.45, 2.75) is 90.5 Å². The molecule has 0 aromatic heterocycles. The molecule has 3 amide bonds. The molecule has 0 saturated heterocycles. The van der Waals surface area contributed by atoms with Crippen LogP contribution in [0.5, 0.6) is 0 Å². The van der Waals surface area contributed by atoms with Gasteiger partial charge in [-0.05, 0) is 44.9 Å².